The molecule has 1 aliphatic rings. The van der Waals surface area contributed by atoms with E-state index in [1.165, 1.54) is 0 Å². The van der Waals surface area contributed by atoms with Gasteiger partial charge in [-0.15, -0.1) is 0 Å². The minimum Gasteiger partial charge on any atom is -0.390 e. The minimum atomic E-state index is -0.454. The lowest BCUT2D eigenvalue weighted by atomic mass is 9.81. The van der Waals surface area contributed by atoms with Crippen molar-refractivity contribution < 1.29 is 5.11 Å². The van der Waals surface area contributed by atoms with Crippen LogP contribution >= 0.6 is 0 Å². The summed E-state index contributed by atoms with van der Waals surface area (Å²) in [6, 6.07) is 14.2. The van der Waals surface area contributed by atoms with Gasteiger partial charge in [0.25, 0.3) is 0 Å². The van der Waals surface area contributed by atoms with Crippen LogP contribution in [0.15, 0.2) is 48.7 Å². The van der Waals surface area contributed by atoms with Gasteiger partial charge in [-0.05, 0) is 44.0 Å². The van der Waals surface area contributed by atoms with Crippen molar-refractivity contribution >= 4 is 0 Å². The molecule has 0 amide bonds. The van der Waals surface area contributed by atoms with Gasteiger partial charge in [-0.1, -0.05) is 30.3 Å². The number of aromatic nitrogens is 1. The topological polar surface area (TPSA) is 45.1 Å². The van der Waals surface area contributed by atoms with Crippen molar-refractivity contribution in [1.82, 2.24) is 10.3 Å². The van der Waals surface area contributed by atoms with E-state index in [1.807, 2.05) is 37.4 Å². The van der Waals surface area contributed by atoms with Gasteiger partial charge in [-0.25, -0.2) is 0 Å². The fourth-order valence-electron chi connectivity index (χ4n) is 3.51. The number of nitrogens with one attached hydrogen (secondary N) is 1. The summed E-state index contributed by atoms with van der Waals surface area (Å²) in [6.07, 6.45) is 1.37. The van der Waals surface area contributed by atoms with E-state index < -0.39 is 6.10 Å². The first-order chi connectivity index (χ1) is 9.99. The number of benzene rings is 1. The number of rotatable bonds is 2. The highest BCUT2D eigenvalue weighted by Gasteiger charge is 2.48. The molecule has 3 heteroatoms. The number of nitrogens with zero attached hydrogens (tertiary/aromatic N) is 1. The van der Waals surface area contributed by atoms with Gasteiger partial charge in [0, 0.05) is 23.3 Å². The second-order valence-corrected chi connectivity index (χ2v) is 6.45. The predicted molar refractivity (Wildman–Crippen MR) is 84.1 cm³/mol. The van der Waals surface area contributed by atoms with Crippen LogP contribution in [0.2, 0.25) is 0 Å². The Kier molecular flexibility index (Phi) is 3.56. The Morgan fingerprint density at radius 2 is 1.81 bits per heavy atom. The van der Waals surface area contributed by atoms with E-state index in [1.54, 1.807) is 0 Å². The zero-order valence-corrected chi connectivity index (χ0v) is 12.7. The van der Waals surface area contributed by atoms with Crippen molar-refractivity contribution in [2.45, 2.75) is 44.4 Å². The summed E-state index contributed by atoms with van der Waals surface area (Å²) in [5, 5.41) is 14.5. The zero-order chi connectivity index (χ0) is 15.0. The molecule has 110 valence electrons. The molecule has 1 saturated heterocycles. The maximum Gasteiger partial charge on any atom is 0.0820 e. The molecule has 0 aliphatic carbocycles. The predicted octanol–water partition coefficient (Wildman–Crippen LogP) is 2.96. The molecule has 1 aromatic carbocycles. The van der Waals surface area contributed by atoms with E-state index >= 15 is 0 Å². The van der Waals surface area contributed by atoms with E-state index in [4.69, 9.17) is 0 Å². The zero-order valence-electron chi connectivity index (χ0n) is 12.7. The van der Waals surface area contributed by atoms with Crippen molar-refractivity contribution in [3.05, 3.63) is 65.5 Å². The highest BCUT2D eigenvalue weighted by atomic mass is 16.3. The lowest BCUT2D eigenvalue weighted by Crippen LogP contribution is -2.38. The molecule has 0 bridgehead atoms. The van der Waals surface area contributed by atoms with Gasteiger partial charge in [0.2, 0.25) is 0 Å². The maximum atomic E-state index is 10.9. The van der Waals surface area contributed by atoms with Crippen LogP contribution in [0.5, 0.6) is 0 Å². The van der Waals surface area contributed by atoms with Gasteiger partial charge < -0.3 is 10.4 Å². The van der Waals surface area contributed by atoms with Gasteiger partial charge in [0.1, 0.15) is 0 Å². The van der Waals surface area contributed by atoms with Crippen LogP contribution < -0.4 is 5.32 Å². The van der Waals surface area contributed by atoms with E-state index in [2.05, 4.69) is 42.3 Å². The van der Waals surface area contributed by atoms with Gasteiger partial charge in [-0.3, -0.25) is 4.98 Å². The smallest absolute Gasteiger partial charge is 0.0820 e. The van der Waals surface area contributed by atoms with E-state index in [0.717, 1.165) is 16.8 Å². The van der Waals surface area contributed by atoms with Crippen molar-refractivity contribution in [2.75, 3.05) is 0 Å². The number of aliphatic hydroxyl groups is 1. The highest BCUT2D eigenvalue weighted by Crippen LogP contribution is 2.43. The Morgan fingerprint density at radius 1 is 1.10 bits per heavy atom. The molecule has 21 heavy (non-hydrogen) atoms. The minimum absolute atomic E-state index is 0.0420. The molecule has 3 atom stereocenters. The summed E-state index contributed by atoms with van der Waals surface area (Å²) in [6.45, 7) is 6.29. The Balaban J connectivity index is 1.98. The fourth-order valence-corrected chi connectivity index (χ4v) is 3.51. The third-order valence-electron chi connectivity index (χ3n) is 4.43. The van der Waals surface area contributed by atoms with Crippen LogP contribution in [0, 0.1) is 6.92 Å². The van der Waals surface area contributed by atoms with Gasteiger partial charge in [0.15, 0.2) is 0 Å². The standard InChI is InChI=1S/C18H22N2O/c1-12-11-14(9-10-19-12)15-17(21)16(20-18(15,2)3)13-7-5-4-6-8-13/h4-11,15-17,20-21H,1-3H3/t15-,16-,17?/m1/s1. The van der Waals surface area contributed by atoms with Crippen LogP contribution in [0.4, 0.5) is 0 Å². The van der Waals surface area contributed by atoms with Crippen molar-refractivity contribution in [1.29, 1.82) is 0 Å². The van der Waals surface area contributed by atoms with Gasteiger partial charge >= 0.3 is 0 Å². The lowest BCUT2D eigenvalue weighted by Gasteiger charge is -2.28. The first-order valence-corrected chi connectivity index (χ1v) is 7.42. The lowest BCUT2D eigenvalue weighted by molar-refractivity contribution is 0.137. The second-order valence-electron chi connectivity index (χ2n) is 6.45. The number of pyridine rings is 1. The van der Waals surface area contributed by atoms with Crippen LogP contribution in [0.1, 0.15) is 42.6 Å². The van der Waals surface area contributed by atoms with Crippen molar-refractivity contribution in [3.8, 4) is 0 Å². The van der Waals surface area contributed by atoms with Crippen LogP contribution in [-0.4, -0.2) is 21.7 Å². The summed E-state index contributed by atoms with van der Waals surface area (Å²) in [5.74, 6) is 0.0457. The van der Waals surface area contributed by atoms with Gasteiger partial charge in [-0.2, -0.15) is 0 Å². The molecule has 1 unspecified atom stereocenters. The third kappa shape index (κ3) is 2.59. The molecule has 2 aromatic rings. The SMILES string of the molecule is Cc1cc([C@@H]2C(O)[C@@H](c3ccccc3)NC2(C)C)ccn1. The average molecular weight is 282 g/mol. The van der Waals surface area contributed by atoms with Gasteiger partial charge in [0.05, 0.1) is 12.1 Å². The monoisotopic (exact) mass is 282 g/mol. The average Bonchev–Trinajstić information content (AvgIpc) is 2.69. The number of hydrogen-bond donors (Lipinski definition) is 2. The Bertz CT molecular complexity index is 624. The first kappa shape index (κ1) is 14.2. The number of aliphatic hydroxyl groups excluding tert-OH is 1. The molecular weight excluding hydrogens is 260 g/mol. The molecular formula is C18H22N2O. The summed E-state index contributed by atoms with van der Waals surface area (Å²) < 4.78 is 0. The molecule has 1 fully saturated rings. The first-order valence-electron chi connectivity index (χ1n) is 7.42. The van der Waals surface area contributed by atoms with E-state index in [-0.39, 0.29) is 17.5 Å². The summed E-state index contributed by atoms with van der Waals surface area (Å²) in [4.78, 5) is 4.26. The van der Waals surface area contributed by atoms with E-state index in [0.29, 0.717) is 0 Å². The van der Waals surface area contributed by atoms with Crippen LogP contribution in [-0.2, 0) is 0 Å². The molecule has 2 heterocycles. The summed E-state index contributed by atoms with van der Waals surface area (Å²) in [5.41, 5.74) is 3.09. The second kappa shape index (κ2) is 5.24. The van der Waals surface area contributed by atoms with Crippen LogP contribution in [0.25, 0.3) is 0 Å². The maximum absolute atomic E-state index is 10.9. The largest absolute Gasteiger partial charge is 0.390 e. The fraction of sp³-hybridized carbons (Fsp3) is 0.389. The quantitative estimate of drug-likeness (QED) is 0.890. The Morgan fingerprint density at radius 3 is 2.48 bits per heavy atom. The summed E-state index contributed by atoms with van der Waals surface area (Å²) in [7, 11) is 0. The Hall–Kier alpha value is -1.71. The van der Waals surface area contributed by atoms with Crippen molar-refractivity contribution in [2.24, 2.45) is 0 Å². The Labute approximate surface area is 126 Å². The molecule has 0 saturated carbocycles. The van der Waals surface area contributed by atoms with Crippen LogP contribution in [0.3, 0.4) is 0 Å². The molecule has 1 aliphatic heterocycles. The molecule has 3 rings (SSSR count). The number of aryl methyl sites for hydroxylation is 1. The molecule has 1 aromatic heterocycles. The van der Waals surface area contributed by atoms with E-state index in [9.17, 15) is 5.11 Å². The molecule has 3 nitrogen and oxygen atoms in total. The normalized spacial score (nSPS) is 27.7. The molecule has 0 radical (unpaired) electrons. The number of hydrogen-bond acceptors (Lipinski definition) is 3. The summed E-state index contributed by atoms with van der Waals surface area (Å²) >= 11 is 0. The third-order valence-corrected chi connectivity index (χ3v) is 4.43. The molecule has 0 spiro atoms. The van der Waals surface area contributed by atoms with Crippen molar-refractivity contribution in [3.63, 3.8) is 0 Å². The molecule has 2 N–H and O–H groups in total. The highest BCUT2D eigenvalue weighted by molar-refractivity contribution is 5.33.